The van der Waals surface area contributed by atoms with E-state index in [2.05, 4.69) is 38.2 Å². The number of hydrogen-bond acceptors (Lipinski definition) is 7. The van der Waals surface area contributed by atoms with Crippen molar-refractivity contribution in [2.45, 2.75) is 17.0 Å². The van der Waals surface area contributed by atoms with E-state index in [1.807, 2.05) is 13.1 Å². The normalized spacial score (nSPS) is 10.8. The van der Waals surface area contributed by atoms with Gasteiger partial charge in [0.05, 0.1) is 0 Å². The average Bonchev–Trinajstić information content (AvgIpc) is 2.80. The van der Waals surface area contributed by atoms with Crippen LogP contribution in [0.5, 0.6) is 0 Å². The van der Waals surface area contributed by atoms with Crippen molar-refractivity contribution in [3.8, 4) is 0 Å². The number of hydrogen-bond donors (Lipinski definition) is 1. The van der Waals surface area contributed by atoms with Crippen LogP contribution in [-0.2, 0) is 0 Å². The molecule has 0 atom stereocenters. The van der Waals surface area contributed by atoms with Gasteiger partial charge in [0.25, 0.3) is 0 Å². The summed E-state index contributed by atoms with van der Waals surface area (Å²) >= 11 is 3.19. The van der Waals surface area contributed by atoms with Gasteiger partial charge in [-0.3, -0.25) is 0 Å². The van der Waals surface area contributed by atoms with E-state index < -0.39 is 0 Å². The minimum Gasteiger partial charge on any atom is -0.357 e. The summed E-state index contributed by atoms with van der Waals surface area (Å²) < 4.78 is 0. The molecule has 0 saturated carbocycles. The molecule has 0 aliphatic rings. The summed E-state index contributed by atoms with van der Waals surface area (Å²) in [6, 6.07) is 3.99. The molecule has 0 unspecified atom stereocenters. The van der Waals surface area contributed by atoms with E-state index in [1.165, 1.54) is 16.6 Å². The topological polar surface area (TPSA) is 63.6 Å². The van der Waals surface area contributed by atoms with Crippen LogP contribution in [0.3, 0.4) is 0 Å². The Labute approximate surface area is 118 Å². The standard InChI is InChI=1S/C12H11N5S2/c1-7-5-8-10(18-7)16-12(13-2)17-11(8)19-9-3-4-14-6-15-9/h3-6H,1-2H3,(H,13,16,17). The Hall–Kier alpha value is -1.73. The lowest BCUT2D eigenvalue weighted by atomic mass is 10.4. The quantitative estimate of drug-likeness (QED) is 0.748. The van der Waals surface area contributed by atoms with Gasteiger partial charge in [-0.1, -0.05) is 0 Å². The molecule has 0 aromatic carbocycles. The van der Waals surface area contributed by atoms with Crippen LogP contribution in [0, 0.1) is 6.92 Å². The number of nitrogens with one attached hydrogen (secondary N) is 1. The van der Waals surface area contributed by atoms with Crippen LogP contribution < -0.4 is 5.32 Å². The summed E-state index contributed by atoms with van der Waals surface area (Å²) in [5.41, 5.74) is 0. The maximum Gasteiger partial charge on any atom is 0.224 e. The number of thiophene rings is 1. The first-order valence-corrected chi connectivity index (χ1v) is 7.29. The Balaban J connectivity index is 2.10. The van der Waals surface area contributed by atoms with Gasteiger partial charge >= 0.3 is 0 Å². The first kappa shape index (κ1) is 12.3. The Morgan fingerprint density at radius 1 is 1.32 bits per heavy atom. The second-order valence-electron chi connectivity index (χ2n) is 3.83. The summed E-state index contributed by atoms with van der Waals surface area (Å²) in [5.74, 6) is 0.630. The molecule has 0 saturated heterocycles. The molecule has 3 heterocycles. The minimum atomic E-state index is 0.630. The van der Waals surface area contributed by atoms with Crippen LogP contribution in [0.1, 0.15) is 4.88 Å². The van der Waals surface area contributed by atoms with Crippen molar-refractivity contribution in [3.63, 3.8) is 0 Å². The third kappa shape index (κ3) is 2.52. The molecule has 7 heteroatoms. The van der Waals surface area contributed by atoms with Crippen LogP contribution >= 0.6 is 23.1 Å². The van der Waals surface area contributed by atoms with Crippen LogP contribution in [0.15, 0.2) is 34.7 Å². The first-order chi connectivity index (χ1) is 9.26. The van der Waals surface area contributed by atoms with E-state index in [-0.39, 0.29) is 0 Å². The highest BCUT2D eigenvalue weighted by molar-refractivity contribution is 7.99. The highest BCUT2D eigenvalue weighted by Crippen LogP contribution is 2.34. The fourth-order valence-electron chi connectivity index (χ4n) is 1.64. The fourth-order valence-corrected chi connectivity index (χ4v) is 3.41. The molecule has 5 nitrogen and oxygen atoms in total. The SMILES string of the molecule is CNc1nc(Sc2ccncn2)c2cc(C)sc2n1. The monoisotopic (exact) mass is 289 g/mol. The summed E-state index contributed by atoms with van der Waals surface area (Å²) in [5, 5.41) is 5.86. The number of aryl methyl sites for hydroxylation is 1. The van der Waals surface area contributed by atoms with Crippen molar-refractivity contribution in [1.82, 2.24) is 19.9 Å². The van der Waals surface area contributed by atoms with Gasteiger partial charge in [-0.2, -0.15) is 0 Å². The van der Waals surface area contributed by atoms with Crippen molar-refractivity contribution in [2.24, 2.45) is 0 Å². The molecule has 19 heavy (non-hydrogen) atoms. The zero-order valence-corrected chi connectivity index (χ0v) is 12.0. The van der Waals surface area contributed by atoms with Crippen LogP contribution in [0.4, 0.5) is 5.95 Å². The van der Waals surface area contributed by atoms with E-state index >= 15 is 0 Å². The van der Waals surface area contributed by atoms with E-state index in [1.54, 1.807) is 23.9 Å². The Kier molecular flexibility index (Phi) is 3.31. The van der Waals surface area contributed by atoms with Crippen molar-refractivity contribution in [3.05, 3.63) is 29.5 Å². The summed E-state index contributed by atoms with van der Waals surface area (Å²) in [7, 11) is 1.82. The molecular weight excluding hydrogens is 278 g/mol. The summed E-state index contributed by atoms with van der Waals surface area (Å²) in [4.78, 5) is 19.3. The van der Waals surface area contributed by atoms with E-state index in [0.717, 1.165) is 20.3 Å². The molecule has 3 rings (SSSR count). The van der Waals surface area contributed by atoms with Gasteiger partial charge in [-0.15, -0.1) is 11.3 Å². The van der Waals surface area contributed by atoms with Gasteiger partial charge in [0, 0.05) is 23.5 Å². The fraction of sp³-hybridized carbons (Fsp3) is 0.167. The lowest BCUT2D eigenvalue weighted by Crippen LogP contribution is -1.97. The molecule has 0 fully saturated rings. The smallest absolute Gasteiger partial charge is 0.224 e. The number of fused-ring (bicyclic) bond motifs is 1. The summed E-state index contributed by atoms with van der Waals surface area (Å²) in [6.07, 6.45) is 3.27. The van der Waals surface area contributed by atoms with Crippen molar-refractivity contribution in [1.29, 1.82) is 0 Å². The molecule has 96 valence electrons. The Bertz CT molecular complexity index is 711. The van der Waals surface area contributed by atoms with Crippen molar-refractivity contribution in [2.75, 3.05) is 12.4 Å². The van der Waals surface area contributed by atoms with Crippen LogP contribution in [0.2, 0.25) is 0 Å². The highest BCUT2D eigenvalue weighted by Gasteiger charge is 2.11. The third-order valence-electron chi connectivity index (χ3n) is 2.46. The number of nitrogens with zero attached hydrogens (tertiary/aromatic N) is 4. The maximum absolute atomic E-state index is 4.51. The number of anilines is 1. The molecule has 1 N–H and O–H groups in total. The van der Waals surface area contributed by atoms with E-state index in [4.69, 9.17) is 0 Å². The zero-order chi connectivity index (χ0) is 13.2. The van der Waals surface area contributed by atoms with Crippen molar-refractivity contribution >= 4 is 39.3 Å². The van der Waals surface area contributed by atoms with Gasteiger partial charge in [-0.25, -0.2) is 19.9 Å². The van der Waals surface area contributed by atoms with E-state index in [9.17, 15) is 0 Å². The Morgan fingerprint density at radius 3 is 2.95 bits per heavy atom. The predicted octanol–water partition coefficient (Wildman–Crippen LogP) is 2.98. The maximum atomic E-state index is 4.51. The van der Waals surface area contributed by atoms with Crippen molar-refractivity contribution < 1.29 is 0 Å². The third-order valence-corrected chi connectivity index (χ3v) is 4.36. The predicted molar refractivity (Wildman–Crippen MR) is 77.9 cm³/mol. The number of aromatic nitrogens is 4. The molecular formula is C12H11N5S2. The molecule has 0 radical (unpaired) electrons. The molecule has 3 aromatic heterocycles. The average molecular weight is 289 g/mol. The molecule has 0 bridgehead atoms. The first-order valence-electron chi connectivity index (χ1n) is 5.66. The zero-order valence-electron chi connectivity index (χ0n) is 10.4. The van der Waals surface area contributed by atoms with Gasteiger partial charge in [0.1, 0.15) is 21.2 Å². The number of rotatable bonds is 3. The van der Waals surface area contributed by atoms with Gasteiger partial charge < -0.3 is 5.32 Å². The second kappa shape index (κ2) is 5.10. The van der Waals surface area contributed by atoms with Gasteiger partial charge in [0.2, 0.25) is 5.95 Å². The molecule has 0 aliphatic carbocycles. The minimum absolute atomic E-state index is 0.630. The Morgan fingerprint density at radius 2 is 2.21 bits per heavy atom. The van der Waals surface area contributed by atoms with E-state index in [0.29, 0.717) is 5.95 Å². The lowest BCUT2D eigenvalue weighted by molar-refractivity contribution is 1.04. The van der Waals surface area contributed by atoms with Crippen LogP contribution in [0.25, 0.3) is 10.2 Å². The molecule has 0 amide bonds. The molecule has 0 aliphatic heterocycles. The lowest BCUT2D eigenvalue weighted by Gasteiger charge is -2.04. The molecule has 3 aromatic rings. The highest BCUT2D eigenvalue weighted by atomic mass is 32.2. The van der Waals surface area contributed by atoms with Gasteiger partial charge in [0.15, 0.2) is 0 Å². The van der Waals surface area contributed by atoms with Crippen LogP contribution in [-0.4, -0.2) is 27.0 Å². The molecule has 0 spiro atoms. The summed E-state index contributed by atoms with van der Waals surface area (Å²) in [6.45, 7) is 2.07. The second-order valence-corrected chi connectivity index (χ2v) is 6.07. The van der Waals surface area contributed by atoms with Gasteiger partial charge in [-0.05, 0) is 30.8 Å². The largest absolute Gasteiger partial charge is 0.357 e.